The average Bonchev–Trinajstić information content (AvgIpc) is 2.51. The van der Waals surface area contributed by atoms with Crippen molar-refractivity contribution in [2.45, 2.75) is 51.2 Å². The Morgan fingerprint density at radius 1 is 1.20 bits per heavy atom. The van der Waals surface area contributed by atoms with Crippen LogP contribution >= 0.6 is 11.6 Å². The maximum Gasteiger partial charge on any atom is 0.405 e. The Hall–Kier alpha value is -2.28. The van der Waals surface area contributed by atoms with Crippen molar-refractivity contribution in [2.75, 3.05) is 0 Å². The van der Waals surface area contributed by atoms with E-state index in [2.05, 4.69) is 5.32 Å². The molecule has 0 aliphatic rings. The van der Waals surface area contributed by atoms with E-state index in [0.29, 0.717) is 12.0 Å². The summed E-state index contributed by atoms with van der Waals surface area (Å²) in [6.07, 6.45) is 0.323. The number of benzene rings is 1. The zero-order chi connectivity index (χ0) is 19.3. The van der Waals surface area contributed by atoms with Crippen LogP contribution in [0, 0.1) is 0 Å². The number of nitrogens with two attached hydrogens (primary N) is 2. The summed E-state index contributed by atoms with van der Waals surface area (Å²) in [7, 11) is 0. The van der Waals surface area contributed by atoms with Crippen LogP contribution < -0.4 is 16.8 Å². The topological polar surface area (TPSA) is 125 Å². The molecule has 0 aromatic heterocycles. The molecular weight excluding hydrogens is 346 g/mol. The Labute approximate surface area is 152 Å². The second kappa shape index (κ2) is 8.20. The summed E-state index contributed by atoms with van der Waals surface area (Å²) in [4.78, 5) is 36.2. The molecule has 0 radical (unpaired) electrons. The molecule has 1 unspecified atom stereocenters. The fourth-order valence-corrected chi connectivity index (χ4v) is 2.64. The maximum atomic E-state index is 13.1. The van der Waals surface area contributed by atoms with Gasteiger partial charge < -0.3 is 21.5 Å². The molecule has 8 heteroatoms. The van der Waals surface area contributed by atoms with E-state index in [1.807, 2.05) is 6.92 Å². The number of primary amides is 2. The van der Waals surface area contributed by atoms with Crippen molar-refractivity contribution < 1.29 is 19.1 Å². The normalized spacial score (nSPS) is 13.6. The third kappa shape index (κ3) is 4.85. The minimum Gasteiger partial charge on any atom is -0.428 e. The molecule has 0 aliphatic heterocycles. The molecule has 0 spiro atoms. The molecule has 0 fully saturated rings. The van der Waals surface area contributed by atoms with Crippen LogP contribution in [0.25, 0.3) is 0 Å². The first-order chi connectivity index (χ1) is 11.6. The van der Waals surface area contributed by atoms with Gasteiger partial charge in [0.25, 0.3) is 5.91 Å². The maximum absolute atomic E-state index is 13.1. The quantitative estimate of drug-likeness (QED) is 0.649. The number of rotatable bonds is 8. The molecule has 0 aliphatic carbocycles. The van der Waals surface area contributed by atoms with Crippen molar-refractivity contribution in [3.8, 4) is 0 Å². The highest BCUT2D eigenvalue weighted by atomic mass is 35.5. The lowest BCUT2D eigenvalue weighted by Crippen LogP contribution is -2.59. The Kier molecular flexibility index (Phi) is 6.81. The molecule has 0 saturated carbocycles. The molecular formula is C17H24ClN3O4. The second-order valence-electron chi connectivity index (χ2n) is 6.27. The van der Waals surface area contributed by atoms with Gasteiger partial charge in [0.2, 0.25) is 11.5 Å². The summed E-state index contributed by atoms with van der Waals surface area (Å²) in [6.45, 7) is 4.83. The molecule has 25 heavy (non-hydrogen) atoms. The standard InChI is InChI=1S/C17H24ClN3O4/c1-4-5-10-17(25-15(20)24,11-8-6-7-9-12(11)18)14(23)21-16(2,3)13(19)22/h6-9H,4-5,10H2,1-3H3,(H2,19,22)(H2,20,24)(H,21,23). The predicted octanol–water partition coefficient (Wildman–Crippen LogP) is 2.20. The van der Waals surface area contributed by atoms with E-state index in [9.17, 15) is 14.4 Å². The van der Waals surface area contributed by atoms with Crippen molar-refractivity contribution in [3.63, 3.8) is 0 Å². The first kappa shape index (κ1) is 20.8. The van der Waals surface area contributed by atoms with E-state index in [0.717, 1.165) is 6.42 Å². The second-order valence-corrected chi connectivity index (χ2v) is 6.68. The van der Waals surface area contributed by atoms with Gasteiger partial charge in [-0.3, -0.25) is 9.59 Å². The Balaban J connectivity index is 3.48. The highest BCUT2D eigenvalue weighted by Crippen LogP contribution is 2.37. The summed E-state index contributed by atoms with van der Waals surface area (Å²) < 4.78 is 5.28. The van der Waals surface area contributed by atoms with Gasteiger partial charge in [-0.2, -0.15) is 0 Å². The third-order valence-corrected chi connectivity index (χ3v) is 4.20. The van der Waals surface area contributed by atoms with Crippen LogP contribution in [0.4, 0.5) is 4.79 Å². The zero-order valence-electron chi connectivity index (χ0n) is 14.6. The van der Waals surface area contributed by atoms with Crippen molar-refractivity contribution >= 4 is 29.5 Å². The zero-order valence-corrected chi connectivity index (χ0v) is 15.4. The summed E-state index contributed by atoms with van der Waals surface area (Å²) in [5.74, 6) is -1.44. The van der Waals surface area contributed by atoms with Crippen LogP contribution in [0.2, 0.25) is 5.02 Å². The van der Waals surface area contributed by atoms with Gasteiger partial charge in [0.15, 0.2) is 0 Å². The van der Waals surface area contributed by atoms with Gasteiger partial charge in [-0.1, -0.05) is 43.1 Å². The molecule has 1 aromatic carbocycles. The molecule has 3 amide bonds. The minimum absolute atomic E-state index is 0.150. The monoisotopic (exact) mass is 369 g/mol. The highest BCUT2D eigenvalue weighted by Gasteiger charge is 2.47. The Morgan fingerprint density at radius 2 is 1.80 bits per heavy atom. The largest absolute Gasteiger partial charge is 0.428 e. The van der Waals surface area contributed by atoms with Crippen LogP contribution in [0.15, 0.2) is 24.3 Å². The molecule has 1 aromatic rings. The van der Waals surface area contributed by atoms with Crippen LogP contribution in [0.5, 0.6) is 0 Å². The van der Waals surface area contributed by atoms with Crippen molar-refractivity contribution in [1.29, 1.82) is 0 Å². The number of hydrogen-bond donors (Lipinski definition) is 3. The number of hydrogen-bond acceptors (Lipinski definition) is 4. The number of carbonyl (C=O) groups excluding carboxylic acids is 3. The van der Waals surface area contributed by atoms with E-state index < -0.39 is 29.0 Å². The predicted molar refractivity (Wildman–Crippen MR) is 94.7 cm³/mol. The summed E-state index contributed by atoms with van der Waals surface area (Å²) in [5, 5.41) is 2.77. The number of unbranched alkanes of at least 4 members (excludes halogenated alkanes) is 1. The Morgan fingerprint density at radius 3 is 2.28 bits per heavy atom. The lowest BCUT2D eigenvalue weighted by atomic mass is 9.86. The van der Waals surface area contributed by atoms with Crippen LogP contribution in [0.1, 0.15) is 45.6 Å². The number of amides is 3. The number of carbonyl (C=O) groups is 3. The molecule has 138 valence electrons. The molecule has 7 nitrogen and oxygen atoms in total. The van der Waals surface area contributed by atoms with Crippen LogP contribution in [0.3, 0.4) is 0 Å². The van der Waals surface area contributed by atoms with Gasteiger partial charge >= 0.3 is 6.09 Å². The number of halogens is 1. The van der Waals surface area contributed by atoms with Gasteiger partial charge in [-0.15, -0.1) is 0 Å². The first-order valence-corrected chi connectivity index (χ1v) is 8.30. The highest BCUT2D eigenvalue weighted by molar-refractivity contribution is 6.31. The number of nitrogens with one attached hydrogen (secondary N) is 1. The van der Waals surface area contributed by atoms with Gasteiger partial charge in [0.1, 0.15) is 5.54 Å². The van der Waals surface area contributed by atoms with E-state index in [1.165, 1.54) is 13.8 Å². The van der Waals surface area contributed by atoms with Crippen LogP contribution in [-0.2, 0) is 19.9 Å². The van der Waals surface area contributed by atoms with E-state index >= 15 is 0 Å². The summed E-state index contributed by atoms with van der Waals surface area (Å²) in [6, 6.07) is 6.51. The number of ether oxygens (including phenoxy) is 1. The lowest BCUT2D eigenvalue weighted by Gasteiger charge is -2.35. The smallest absolute Gasteiger partial charge is 0.405 e. The van der Waals surface area contributed by atoms with Crippen LogP contribution in [-0.4, -0.2) is 23.4 Å². The SMILES string of the molecule is CCCCC(OC(N)=O)(C(=O)NC(C)(C)C(N)=O)c1ccccc1Cl. The lowest BCUT2D eigenvalue weighted by molar-refractivity contribution is -0.146. The van der Waals surface area contributed by atoms with E-state index in [-0.39, 0.29) is 11.4 Å². The molecule has 1 rings (SSSR count). The van der Waals surface area contributed by atoms with E-state index in [4.69, 9.17) is 27.8 Å². The van der Waals surface area contributed by atoms with E-state index in [1.54, 1.807) is 24.3 Å². The minimum atomic E-state index is -1.76. The van der Waals surface area contributed by atoms with Gasteiger partial charge in [-0.25, -0.2) is 4.79 Å². The molecule has 5 N–H and O–H groups in total. The van der Waals surface area contributed by atoms with Gasteiger partial charge in [-0.05, 0) is 26.3 Å². The fraction of sp³-hybridized carbons (Fsp3) is 0.471. The van der Waals surface area contributed by atoms with Gasteiger partial charge in [0.05, 0.1) is 0 Å². The van der Waals surface area contributed by atoms with Crippen molar-refractivity contribution in [3.05, 3.63) is 34.9 Å². The molecule has 1 atom stereocenters. The van der Waals surface area contributed by atoms with Crippen molar-refractivity contribution in [2.24, 2.45) is 11.5 Å². The Bertz CT molecular complexity index is 663. The molecule has 0 heterocycles. The summed E-state index contributed by atoms with van der Waals surface area (Å²) >= 11 is 6.25. The average molecular weight is 370 g/mol. The summed E-state index contributed by atoms with van der Waals surface area (Å²) in [5.41, 5.74) is 7.73. The fourth-order valence-electron chi connectivity index (χ4n) is 2.36. The first-order valence-electron chi connectivity index (χ1n) is 7.92. The van der Waals surface area contributed by atoms with Gasteiger partial charge in [0, 0.05) is 17.0 Å². The molecule has 0 bridgehead atoms. The third-order valence-electron chi connectivity index (χ3n) is 3.87. The molecule has 0 saturated heterocycles. The van der Waals surface area contributed by atoms with Crippen molar-refractivity contribution in [1.82, 2.24) is 5.32 Å².